The number of ketones is 1. The molecule has 28 heavy (non-hydrogen) atoms. The van der Waals surface area contributed by atoms with Gasteiger partial charge in [0.2, 0.25) is 0 Å². The molecule has 1 saturated heterocycles. The number of hydrogen-bond donors (Lipinski definition) is 0. The summed E-state index contributed by atoms with van der Waals surface area (Å²) in [6, 6.07) is 10.8. The summed E-state index contributed by atoms with van der Waals surface area (Å²) in [6.07, 6.45) is 2.30. The van der Waals surface area contributed by atoms with Gasteiger partial charge < -0.3 is 4.42 Å². The van der Waals surface area contributed by atoms with Crippen LogP contribution < -0.4 is 0 Å². The molecular weight excluding hydrogens is 396 g/mol. The lowest BCUT2D eigenvalue weighted by Gasteiger charge is -2.18. The van der Waals surface area contributed by atoms with Gasteiger partial charge in [0.1, 0.15) is 5.76 Å². The molecule has 1 unspecified atom stereocenters. The third-order valence-corrected chi connectivity index (χ3v) is 6.25. The molecule has 0 aliphatic carbocycles. The molecule has 4 rings (SSSR count). The number of aliphatic imine (C=N–C) groups is 1. The highest BCUT2D eigenvalue weighted by Gasteiger charge is 2.39. The van der Waals surface area contributed by atoms with Gasteiger partial charge in [-0.3, -0.25) is 19.3 Å². The molecule has 3 heterocycles. The summed E-state index contributed by atoms with van der Waals surface area (Å²) in [7, 11) is 0. The fraction of sp³-hybridized carbons (Fsp3) is 0.200. The Kier molecular flexibility index (Phi) is 4.99. The van der Waals surface area contributed by atoms with Crippen LogP contribution in [0.1, 0.15) is 25.2 Å². The van der Waals surface area contributed by atoms with Crippen LogP contribution in [0.2, 0.25) is 0 Å². The van der Waals surface area contributed by atoms with Crippen LogP contribution in [0.3, 0.4) is 0 Å². The molecule has 1 aromatic heterocycles. The standard InChI is InChI=1S/C20H16N2O4S2/c1-11(12(2)23)22-19(24)16(27-20(22)25)10-14-7-8-18(26-14)28-17-9-13-5-3-4-6-15(13)21-17/h3-8,10-11H,9H2,1-2H3/b16-10-. The van der Waals surface area contributed by atoms with Crippen molar-refractivity contribution in [1.29, 1.82) is 0 Å². The molecule has 0 saturated carbocycles. The number of hydrogen-bond acceptors (Lipinski definition) is 7. The van der Waals surface area contributed by atoms with E-state index >= 15 is 0 Å². The van der Waals surface area contributed by atoms with Gasteiger partial charge in [0, 0.05) is 12.5 Å². The van der Waals surface area contributed by atoms with Crippen molar-refractivity contribution in [3.05, 3.63) is 52.6 Å². The van der Waals surface area contributed by atoms with Gasteiger partial charge in [-0.25, -0.2) is 4.99 Å². The number of fused-ring (bicyclic) bond motifs is 1. The number of benzene rings is 1. The molecule has 1 atom stereocenters. The lowest BCUT2D eigenvalue weighted by atomic mass is 10.2. The number of Topliss-reactive ketones (excluding diaryl/α,β-unsaturated/α-hetero) is 1. The Morgan fingerprint density at radius 2 is 2.07 bits per heavy atom. The van der Waals surface area contributed by atoms with Crippen LogP contribution in [-0.4, -0.2) is 32.9 Å². The number of rotatable bonds is 4. The summed E-state index contributed by atoms with van der Waals surface area (Å²) in [4.78, 5) is 41.9. The molecule has 0 radical (unpaired) electrons. The number of imide groups is 1. The first kappa shape index (κ1) is 18.8. The van der Waals surface area contributed by atoms with E-state index in [1.54, 1.807) is 13.0 Å². The van der Waals surface area contributed by atoms with Gasteiger partial charge in [-0.15, -0.1) is 0 Å². The maximum atomic E-state index is 12.5. The minimum absolute atomic E-state index is 0.237. The van der Waals surface area contributed by atoms with E-state index < -0.39 is 17.2 Å². The molecule has 2 aliphatic rings. The Bertz CT molecular complexity index is 1050. The van der Waals surface area contributed by atoms with Crippen LogP contribution in [-0.2, 0) is 16.0 Å². The van der Waals surface area contributed by atoms with Crippen molar-refractivity contribution >= 4 is 57.3 Å². The van der Waals surface area contributed by atoms with Crippen molar-refractivity contribution in [3.63, 3.8) is 0 Å². The molecule has 6 nitrogen and oxygen atoms in total. The second-order valence-electron chi connectivity index (χ2n) is 6.41. The van der Waals surface area contributed by atoms with E-state index in [-0.39, 0.29) is 10.7 Å². The van der Waals surface area contributed by atoms with Crippen LogP contribution in [0, 0.1) is 0 Å². The molecule has 1 aromatic carbocycles. The normalized spacial score (nSPS) is 18.6. The molecular formula is C20H16N2O4S2. The molecule has 0 bridgehead atoms. The fourth-order valence-electron chi connectivity index (χ4n) is 2.87. The number of carbonyl (C=O) groups excluding carboxylic acids is 3. The number of thioether (sulfide) groups is 2. The van der Waals surface area contributed by atoms with Gasteiger partial charge in [0.15, 0.2) is 10.9 Å². The zero-order valence-electron chi connectivity index (χ0n) is 15.2. The van der Waals surface area contributed by atoms with Crippen molar-refractivity contribution in [1.82, 2.24) is 4.90 Å². The third-order valence-electron chi connectivity index (χ3n) is 4.47. The second kappa shape index (κ2) is 7.44. The lowest BCUT2D eigenvalue weighted by molar-refractivity contribution is -0.130. The summed E-state index contributed by atoms with van der Waals surface area (Å²) < 4.78 is 5.78. The third kappa shape index (κ3) is 3.57. The van der Waals surface area contributed by atoms with Crippen LogP contribution in [0.5, 0.6) is 0 Å². The minimum Gasteiger partial charge on any atom is -0.450 e. The Balaban J connectivity index is 1.48. The van der Waals surface area contributed by atoms with E-state index in [9.17, 15) is 14.4 Å². The summed E-state index contributed by atoms with van der Waals surface area (Å²) in [5.74, 6) is -0.239. The van der Waals surface area contributed by atoms with Crippen molar-refractivity contribution in [3.8, 4) is 0 Å². The van der Waals surface area contributed by atoms with Crippen LogP contribution >= 0.6 is 23.5 Å². The van der Waals surface area contributed by atoms with Crippen LogP contribution in [0.4, 0.5) is 10.5 Å². The van der Waals surface area contributed by atoms with E-state index in [0.717, 1.165) is 33.8 Å². The highest BCUT2D eigenvalue weighted by molar-refractivity contribution is 8.18. The summed E-state index contributed by atoms with van der Waals surface area (Å²) >= 11 is 2.25. The minimum atomic E-state index is -0.775. The maximum Gasteiger partial charge on any atom is 0.294 e. The highest BCUT2D eigenvalue weighted by Crippen LogP contribution is 2.36. The van der Waals surface area contributed by atoms with Crippen molar-refractivity contribution in [2.24, 2.45) is 4.99 Å². The Hall–Kier alpha value is -2.58. The van der Waals surface area contributed by atoms with E-state index in [1.807, 2.05) is 24.3 Å². The zero-order valence-corrected chi connectivity index (χ0v) is 16.8. The average molecular weight is 412 g/mol. The Labute approximate surface area is 170 Å². The summed E-state index contributed by atoms with van der Waals surface area (Å²) in [5.41, 5.74) is 2.16. The molecule has 8 heteroatoms. The quantitative estimate of drug-likeness (QED) is 0.679. The predicted octanol–water partition coefficient (Wildman–Crippen LogP) is 4.67. The van der Waals surface area contributed by atoms with E-state index in [2.05, 4.69) is 11.1 Å². The van der Waals surface area contributed by atoms with E-state index in [0.29, 0.717) is 10.9 Å². The number of amides is 2. The number of para-hydroxylation sites is 1. The van der Waals surface area contributed by atoms with Crippen molar-refractivity contribution in [2.75, 3.05) is 0 Å². The Morgan fingerprint density at radius 3 is 2.82 bits per heavy atom. The first-order chi connectivity index (χ1) is 13.4. The molecule has 142 valence electrons. The monoisotopic (exact) mass is 412 g/mol. The number of furan rings is 1. The SMILES string of the molecule is CC(=O)C(C)N1C(=O)S/C(=C\c2ccc(SC3=Nc4ccccc4C3)o2)C1=O. The summed E-state index contributed by atoms with van der Waals surface area (Å²) in [6.45, 7) is 2.90. The smallest absolute Gasteiger partial charge is 0.294 e. The van der Waals surface area contributed by atoms with Gasteiger partial charge in [-0.1, -0.05) is 18.2 Å². The second-order valence-corrected chi connectivity index (χ2v) is 8.48. The fourth-order valence-corrected chi connectivity index (χ4v) is 4.64. The molecule has 2 amide bonds. The first-order valence-corrected chi connectivity index (χ1v) is 10.3. The predicted molar refractivity (Wildman–Crippen MR) is 110 cm³/mol. The van der Waals surface area contributed by atoms with Crippen LogP contribution in [0.15, 0.2) is 55.8 Å². The molecule has 0 N–H and O–H groups in total. The zero-order chi connectivity index (χ0) is 19.8. The average Bonchev–Trinajstić information content (AvgIpc) is 3.33. The number of carbonyl (C=O) groups is 3. The topological polar surface area (TPSA) is 80.0 Å². The highest BCUT2D eigenvalue weighted by atomic mass is 32.2. The van der Waals surface area contributed by atoms with E-state index in [1.165, 1.54) is 30.3 Å². The largest absolute Gasteiger partial charge is 0.450 e. The van der Waals surface area contributed by atoms with Crippen LogP contribution in [0.25, 0.3) is 6.08 Å². The van der Waals surface area contributed by atoms with Crippen molar-refractivity contribution in [2.45, 2.75) is 31.4 Å². The Morgan fingerprint density at radius 1 is 1.29 bits per heavy atom. The van der Waals surface area contributed by atoms with Gasteiger partial charge in [0.05, 0.1) is 21.7 Å². The van der Waals surface area contributed by atoms with Gasteiger partial charge in [-0.2, -0.15) is 0 Å². The van der Waals surface area contributed by atoms with Gasteiger partial charge in [-0.05, 0) is 61.1 Å². The molecule has 2 aromatic rings. The van der Waals surface area contributed by atoms with Crippen molar-refractivity contribution < 1.29 is 18.8 Å². The summed E-state index contributed by atoms with van der Waals surface area (Å²) in [5, 5.41) is 1.16. The van der Waals surface area contributed by atoms with Gasteiger partial charge >= 0.3 is 0 Å². The molecule has 1 fully saturated rings. The lowest BCUT2D eigenvalue weighted by Crippen LogP contribution is -2.40. The molecule has 0 spiro atoms. The molecule has 2 aliphatic heterocycles. The van der Waals surface area contributed by atoms with E-state index in [4.69, 9.17) is 4.42 Å². The first-order valence-electron chi connectivity index (χ1n) is 8.63. The number of nitrogens with zero attached hydrogens (tertiary/aromatic N) is 2. The maximum absolute atomic E-state index is 12.5. The van der Waals surface area contributed by atoms with Gasteiger partial charge in [0.25, 0.3) is 11.1 Å².